The first-order chi connectivity index (χ1) is 7.85. The molecule has 0 aliphatic heterocycles. The fourth-order valence-corrected chi connectivity index (χ4v) is 1.59. The maximum absolute atomic E-state index is 5.26. The van der Waals surface area contributed by atoms with Crippen molar-refractivity contribution in [2.24, 2.45) is 0 Å². The number of hydrogen-bond donors (Lipinski definition) is 0. The zero-order valence-electron chi connectivity index (χ0n) is 9.36. The maximum Gasteiger partial charge on any atom is 0.161 e. The molecule has 2 rings (SSSR count). The Balaban J connectivity index is 2.44. The molecule has 0 atom stereocenters. The third-order valence-electron chi connectivity index (χ3n) is 2.42. The van der Waals surface area contributed by atoms with E-state index in [0.29, 0.717) is 0 Å². The molecule has 2 heteroatoms. The Morgan fingerprint density at radius 1 is 0.938 bits per heavy atom. The molecule has 16 heavy (non-hydrogen) atoms. The molecule has 2 aromatic rings. The SMILES string of the molecule is COc1ccc(-c2c[c]ccc2)cc1OC. The molecule has 0 amide bonds. The maximum atomic E-state index is 5.26. The minimum Gasteiger partial charge on any atom is -0.493 e. The van der Waals surface area contributed by atoms with Crippen LogP contribution in [0.5, 0.6) is 11.5 Å². The number of benzene rings is 2. The molecule has 0 aromatic heterocycles. The zero-order chi connectivity index (χ0) is 11.4. The molecule has 81 valence electrons. The van der Waals surface area contributed by atoms with Gasteiger partial charge in [-0.3, -0.25) is 0 Å². The Labute approximate surface area is 95.4 Å². The average molecular weight is 213 g/mol. The molecule has 1 radical (unpaired) electrons. The van der Waals surface area contributed by atoms with Crippen LogP contribution in [0.2, 0.25) is 0 Å². The van der Waals surface area contributed by atoms with E-state index >= 15 is 0 Å². The lowest BCUT2D eigenvalue weighted by molar-refractivity contribution is 0.355. The number of ether oxygens (including phenoxy) is 2. The third kappa shape index (κ3) is 2.01. The number of hydrogen-bond acceptors (Lipinski definition) is 2. The van der Waals surface area contributed by atoms with Crippen molar-refractivity contribution in [3.63, 3.8) is 0 Å². The lowest BCUT2D eigenvalue weighted by Gasteiger charge is -2.09. The molecule has 2 nitrogen and oxygen atoms in total. The number of methoxy groups -OCH3 is 2. The van der Waals surface area contributed by atoms with Crippen LogP contribution >= 0.6 is 0 Å². The second-order valence-electron chi connectivity index (χ2n) is 3.36. The average Bonchev–Trinajstić information content (AvgIpc) is 2.39. The Hall–Kier alpha value is -1.96. The van der Waals surface area contributed by atoms with Gasteiger partial charge in [0.1, 0.15) is 0 Å². The summed E-state index contributed by atoms with van der Waals surface area (Å²) in [6, 6.07) is 16.8. The molecule has 0 aliphatic carbocycles. The van der Waals surface area contributed by atoms with Gasteiger partial charge in [-0.2, -0.15) is 0 Å². The Kier molecular flexibility index (Phi) is 3.10. The van der Waals surface area contributed by atoms with Crippen LogP contribution in [0.4, 0.5) is 0 Å². The van der Waals surface area contributed by atoms with Crippen LogP contribution in [-0.4, -0.2) is 14.2 Å². The normalized spacial score (nSPS) is 9.88. The predicted octanol–water partition coefficient (Wildman–Crippen LogP) is 3.17. The van der Waals surface area contributed by atoms with E-state index < -0.39 is 0 Å². The molecule has 0 unspecified atom stereocenters. The zero-order valence-corrected chi connectivity index (χ0v) is 9.36. The van der Waals surface area contributed by atoms with E-state index in [-0.39, 0.29) is 0 Å². The Morgan fingerprint density at radius 2 is 1.75 bits per heavy atom. The first-order valence-corrected chi connectivity index (χ1v) is 5.03. The van der Waals surface area contributed by atoms with E-state index in [4.69, 9.17) is 9.47 Å². The van der Waals surface area contributed by atoms with Gasteiger partial charge in [0.2, 0.25) is 0 Å². The molecule has 0 spiro atoms. The fourth-order valence-electron chi connectivity index (χ4n) is 1.59. The highest BCUT2D eigenvalue weighted by Gasteiger charge is 2.05. The van der Waals surface area contributed by atoms with Gasteiger partial charge in [-0.1, -0.05) is 24.3 Å². The van der Waals surface area contributed by atoms with Crippen LogP contribution in [0.25, 0.3) is 11.1 Å². The van der Waals surface area contributed by atoms with Crippen molar-refractivity contribution in [2.75, 3.05) is 14.2 Å². The van der Waals surface area contributed by atoms with Gasteiger partial charge in [0.25, 0.3) is 0 Å². The predicted molar refractivity (Wildman–Crippen MR) is 63.8 cm³/mol. The minimum atomic E-state index is 0.740. The summed E-state index contributed by atoms with van der Waals surface area (Å²) >= 11 is 0. The Morgan fingerprint density at radius 3 is 2.38 bits per heavy atom. The van der Waals surface area contributed by atoms with Crippen LogP contribution in [0.3, 0.4) is 0 Å². The summed E-state index contributed by atoms with van der Waals surface area (Å²) < 4.78 is 10.5. The van der Waals surface area contributed by atoms with Gasteiger partial charge in [0.15, 0.2) is 11.5 Å². The smallest absolute Gasteiger partial charge is 0.161 e. The lowest BCUT2D eigenvalue weighted by atomic mass is 10.1. The molecular weight excluding hydrogens is 200 g/mol. The lowest BCUT2D eigenvalue weighted by Crippen LogP contribution is -1.90. The number of rotatable bonds is 3. The van der Waals surface area contributed by atoms with Crippen LogP contribution in [0.15, 0.2) is 42.5 Å². The molecule has 0 heterocycles. The highest BCUT2D eigenvalue weighted by molar-refractivity contribution is 5.66. The van der Waals surface area contributed by atoms with Crippen molar-refractivity contribution >= 4 is 0 Å². The van der Waals surface area contributed by atoms with Crippen molar-refractivity contribution in [1.82, 2.24) is 0 Å². The first kappa shape index (κ1) is 10.6. The van der Waals surface area contributed by atoms with Gasteiger partial charge in [-0.25, -0.2) is 0 Å². The monoisotopic (exact) mass is 213 g/mol. The van der Waals surface area contributed by atoms with Crippen molar-refractivity contribution in [3.8, 4) is 22.6 Å². The standard InChI is InChI=1S/C14H13O2/c1-15-13-9-8-12(10-14(13)16-2)11-6-4-3-5-7-11/h3-4,6-10H,1-2H3. The fraction of sp³-hybridized carbons (Fsp3) is 0.143. The van der Waals surface area contributed by atoms with Crippen LogP contribution < -0.4 is 9.47 Å². The first-order valence-electron chi connectivity index (χ1n) is 5.03. The van der Waals surface area contributed by atoms with Crippen LogP contribution in [0, 0.1) is 6.07 Å². The van der Waals surface area contributed by atoms with E-state index in [1.54, 1.807) is 14.2 Å². The topological polar surface area (TPSA) is 18.5 Å². The van der Waals surface area contributed by atoms with Gasteiger partial charge in [-0.05, 0) is 35.4 Å². The van der Waals surface area contributed by atoms with E-state index in [9.17, 15) is 0 Å². The van der Waals surface area contributed by atoms with Gasteiger partial charge in [0, 0.05) is 0 Å². The molecular formula is C14H13O2. The van der Waals surface area contributed by atoms with Crippen LogP contribution in [-0.2, 0) is 0 Å². The highest BCUT2D eigenvalue weighted by atomic mass is 16.5. The summed E-state index contributed by atoms with van der Waals surface area (Å²) in [6.07, 6.45) is 0. The van der Waals surface area contributed by atoms with Gasteiger partial charge in [-0.15, -0.1) is 0 Å². The summed E-state index contributed by atoms with van der Waals surface area (Å²) in [5, 5.41) is 0. The summed E-state index contributed by atoms with van der Waals surface area (Å²) in [6.45, 7) is 0. The van der Waals surface area contributed by atoms with Gasteiger partial charge < -0.3 is 9.47 Å². The largest absolute Gasteiger partial charge is 0.493 e. The summed E-state index contributed by atoms with van der Waals surface area (Å²) in [5.74, 6) is 1.48. The van der Waals surface area contributed by atoms with E-state index in [0.717, 1.165) is 22.6 Å². The van der Waals surface area contributed by atoms with E-state index in [2.05, 4.69) is 6.07 Å². The van der Waals surface area contributed by atoms with Crippen molar-refractivity contribution in [1.29, 1.82) is 0 Å². The molecule has 0 N–H and O–H groups in total. The van der Waals surface area contributed by atoms with Crippen molar-refractivity contribution in [3.05, 3.63) is 48.5 Å². The minimum absolute atomic E-state index is 0.740. The van der Waals surface area contributed by atoms with Crippen molar-refractivity contribution < 1.29 is 9.47 Å². The van der Waals surface area contributed by atoms with E-state index in [1.165, 1.54) is 0 Å². The van der Waals surface area contributed by atoms with Gasteiger partial charge in [0.05, 0.1) is 14.2 Å². The molecule has 0 aliphatic rings. The highest BCUT2D eigenvalue weighted by Crippen LogP contribution is 2.31. The summed E-state index contributed by atoms with van der Waals surface area (Å²) in [7, 11) is 3.27. The second-order valence-corrected chi connectivity index (χ2v) is 3.36. The molecule has 0 saturated heterocycles. The van der Waals surface area contributed by atoms with Crippen LogP contribution in [0.1, 0.15) is 0 Å². The summed E-state index contributed by atoms with van der Waals surface area (Å²) in [5.41, 5.74) is 2.21. The molecule has 2 aromatic carbocycles. The molecule has 0 fully saturated rings. The van der Waals surface area contributed by atoms with E-state index in [1.807, 2.05) is 42.5 Å². The van der Waals surface area contributed by atoms with Gasteiger partial charge >= 0.3 is 0 Å². The summed E-state index contributed by atoms with van der Waals surface area (Å²) in [4.78, 5) is 0. The van der Waals surface area contributed by atoms with Crippen molar-refractivity contribution in [2.45, 2.75) is 0 Å². The second kappa shape index (κ2) is 4.71. The molecule has 0 saturated carbocycles. The third-order valence-corrected chi connectivity index (χ3v) is 2.42. The quantitative estimate of drug-likeness (QED) is 0.779. The Bertz CT molecular complexity index is 463. The molecule has 0 bridgehead atoms.